The van der Waals surface area contributed by atoms with E-state index in [9.17, 15) is 22.8 Å². The summed E-state index contributed by atoms with van der Waals surface area (Å²) >= 11 is 0. The van der Waals surface area contributed by atoms with Crippen LogP contribution in [0, 0.1) is 0 Å². The number of aromatic nitrogens is 1. The molecule has 6 nitrogen and oxygen atoms in total. The first-order valence-electron chi connectivity index (χ1n) is 12.7. The Hall–Kier alpha value is -5.05. The molecule has 0 radical (unpaired) electrons. The van der Waals surface area contributed by atoms with Gasteiger partial charge in [0.2, 0.25) is 0 Å². The van der Waals surface area contributed by atoms with Crippen molar-refractivity contribution in [2.24, 2.45) is 0 Å². The predicted molar refractivity (Wildman–Crippen MR) is 145 cm³/mol. The standard InChI is InChI=1S/C32H24F3NO5/c33-32(34,35)30(37)26-15-7-9-17-29(26)39-20-24-13-4-5-14-25(24)21-41-36-27-16-8-6-12-23(27)18-28(36)31(38)40-19-22-10-2-1-3-11-22/h1-18H,19-21H2. The average Bonchev–Trinajstić information content (AvgIpc) is 3.36. The van der Waals surface area contributed by atoms with Gasteiger partial charge in [-0.2, -0.15) is 17.9 Å². The summed E-state index contributed by atoms with van der Waals surface area (Å²) in [6, 6.07) is 30.6. The fourth-order valence-electron chi connectivity index (χ4n) is 4.27. The van der Waals surface area contributed by atoms with Gasteiger partial charge < -0.3 is 14.3 Å². The number of benzene rings is 4. The molecule has 0 spiro atoms. The lowest BCUT2D eigenvalue weighted by molar-refractivity contribution is -0.0886. The summed E-state index contributed by atoms with van der Waals surface area (Å²) in [6.07, 6.45) is -5.02. The molecule has 9 heteroatoms. The highest BCUT2D eigenvalue weighted by Crippen LogP contribution is 2.28. The van der Waals surface area contributed by atoms with E-state index in [0.29, 0.717) is 16.6 Å². The number of carbonyl (C=O) groups is 2. The van der Waals surface area contributed by atoms with Crippen LogP contribution in [0.5, 0.6) is 5.75 Å². The van der Waals surface area contributed by atoms with Crippen LogP contribution in [-0.4, -0.2) is 22.7 Å². The fraction of sp³-hybridized carbons (Fsp3) is 0.125. The van der Waals surface area contributed by atoms with Crippen LogP contribution in [0.4, 0.5) is 13.2 Å². The third kappa shape index (κ3) is 6.41. The molecule has 0 unspecified atom stereocenters. The maximum Gasteiger partial charge on any atom is 0.455 e. The van der Waals surface area contributed by atoms with Crippen molar-refractivity contribution in [1.29, 1.82) is 0 Å². The molecule has 0 N–H and O–H groups in total. The number of alkyl halides is 3. The SMILES string of the molecule is O=C(OCc1ccccc1)c1cc2ccccc2n1OCc1ccccc1COc1ccccc1C(=O)C(F)(F)F. The Morgan fingerprint density at radius 2 is 1.34 bits per heavy atom. The minimum atomic E-state index is -5.02. The van der Waals surface area contributed by atoms with Gasteiger partial charge in [0.05, 0.1) is 11.1 Å². The lowest BCUT2D eigenvalue weighted by Gasteiger charge is -2.16. The number of halogens is 3. The van der Waals surface area contributed by atoms with Crippen LogP contribution in [-0.2, 0) is 24.6 Å². The first-order valence-corrected chi connectivity index (χ1v) is 12.7. The molecule has 0 fully saturated rings. The van der Waals surface area contributed by atoms with E-state index in [2.05, 4.69) is 0 Å². The largest absolute Gasteiger partial charge is 0.488 e. The number of nitrogens with zero attached hydrogens (tertiary/aromatic N) is 1. The Morgan fingerprint density at radius 1 is 0.707 bits per heavy atom. The molecular weight excluding hydrogens is 535 g/mol. The summed E-state index contributed by atoms with van der Waals surface area (Å²) in [4.78, 5) is 31.0. The summed E-state index contributed by atoms with van der Waals surface area (Å²) in [5.41, 5.74) is 2.45. The van der Waals surface area contributed by atoms with E-state index in [1.807, 2.05) is 54.6 Å². The summed E-state index contributed by atoms with van der Waals surface area (Å²) in [7, 11) is 0. The molecule has 0 aliphatic rings. The minimum absolute atomic E-state index is 0.0142. The lowest BCUT2D eigenvalue weighted by atomic mass is 10.1. The zero-order valence-corrected chi connectivity index (χ0v) is 21.6. The first-order chi connectivity index (χ1) is 19.8. The second-order valence-electron chi connectivity index (χ2n) is 9.10. The molecule has 1 aromatic heterocycles. The lowest BCUT2D eigenvalue weighted by Crippen LogP contribution is -2.23. The Balaban J connectivity index is 1.34. The van der Waals surface area contributed by atoms with Crippen molar-refractivity contribution in [3.8, 4) is 5.75 Å². The van der Waals surface area contributed by atoms with Crippen LogP contribution in [0.15, 0.2) is 109 Å². The zero-order chi connectivity index (χ0) is 28.8. The summed E-state index contributed by atoms with van der Waals surface area (Å²) < 4.78 is 51.8. The van der Waals surface area contributed by atoms with E-state index in [4.69, 9.17) is 14.3 Å². The molecule has 1 heterocycles. The molecule has 0 aliphatic heterocycles. The molecule has 5 aromatic rings. The van der Waals surface area contributed by atoms with Crippen LogP contribution >= 0.6 is 0 Å². The van der Waals surface area contributed by atoms with E-state index < -0.39 is 23.5 Å². The minimum Gasteiger partial charge on any atom is -0.488 e. The van der Waals surface area contributed by atoms with Gasteiger partial charge in [-0.25, -0.2) is 4.79 Å². The van der Waals surface area contributed by atoms with Gasteiger partial charge in [0.25, 0.3) is 5.78 Å². The molecule has 0 saturated carbocycles. The third-order valence-corrected chi connectivity index (χ3v) is 6.33. The normalized spacial score (nSPS) is 11.3. The molecule has 5 rings (SSSR count). The maximum absolute atomic E-state index is 13.1. The molecule has 208 valence electrons. The average molecular weight is 560 g/mol. The highest BCUT2D eigenvalue weighted by molar-refractivity contribution is 6.02. The number of ketones is 1. The van der Waals surface area contributed by atoms with Gasteiger partial charge in [-0.1, -0.05) is 84.9 Å². The number of carbonyl (C=O) groups excluding carboxylic acids is 2. The Bertz CT molecular complexity index is 1680. The second kappa shape index (κ2) is 12.0. The molecule has 0 bridgehead atoms. The highest BCUT2D eigenvalue weighted by atomic mass is 19.4. The molecule has 4 aromatic carbocycles. The van der Waals surface area contributed by atoms with Crippen molar-refractivity contribution in [3.63, 3.8) is 0 Å². The number of fused-ring (bicyclic) bond motifs is 1. The maximum atomic E-state index is 13.1. The van der Waals surface area contributed by atoms with Gasteiger partial charge in [-0.15, -0.1) is 0 Å². The number of Topliss-reactive ketones (excluding diaryl/α,β-unsaturated/α-hetero) is 1. The molecule has 0 saturated heterocycles. The highest BCUT2D eigenvalue weighted by Gasteiger charge is 2.40. The third-order valence-electron chi connectivity index (χ3n) is 6.33. The number of hydrogen-bond acceptors (Lipinski definition) is 5. The number of ether oxygens (including phenoxy) is 2. The summed E-state index contributed by atoms with van der Waals surface area (Å²) in [5.74, 6) is -2.71. The second-order valence-corrected chi connectivity index (χ2v) is 9.10. The number of esters is 1. The van der Waals surface area contributed by atoms with Crippen molar-refractivity contribution < 1.29 is 37.1 Å². The van der Waals surface area contributed by atoms with Gasteiger partial charge in [-0.3, -0.25) is 4.79 Å². The van der Waals surface area contributed by atoms with Crippen LogP contribution in [0.2, 0.25) is 0 Å². The summed E-state index contributed by atoms with van der Waals surface area (Å²) in [5, 5.41) is 0.779. The predicted octanol–water partition coefficient (Wildman–Crippen LogP) is 6.95. The number of para-hydroxylation sites is 2. The topological polar surface area (TPSA) is 66.8 Å². The van der Waals surface area contributed by atoms with Crippen LogP contribution in [0.1, 0.15) is 37.5 Å². The number of rotatable bonds is 10. The zero-order valence-electron chi connectivity index (χ0n) is 21.6. The summed E-state index contributed by atoms with van der Waals surface area (Å²) in [6.45, 7) is 0.0000719. The van der Waals surface area contributed by atoms with E-state index in [1.54, 1.807) is 30.3 Å². The van der Waals surface area contributed by atoms with Gasteiger partial charge in [0.1, 0.15) is 25.6 Å². The number of hydrogen-bond donors (Lipinski definition) is 0. The van der Waals surface area contributed by atoms with E-state index in [1.165, 1.54) is 22.9 Å². The van der Waals surface area contributed by atoms with Crippen molar-refractivity contribution in [1.82, 2.24) is 4.73 Å². The van der Waals surface area contributed by atoms with Crippen molar-refractivity contribution in [2.45, 2.75) is 26.0 Å². The van der Waals surface area contributed by atoms with Crippen molar-refractivity contribution >= 4 is 22.7 Å². The molecule has 0 atom stereocenters. The molecular formula is C32H24F3NO5. The van der Waals surface area contributed by atoms with Gasteiger partial charge >= 0.3 is 12.1 Å². The van der Waals surface area contributed by atoms with Gasteiger partial charge in [-0.05, 0) is 41.0 Å². The van der Waals surface area contributed by atoms with Gasteiger partial charge in [0.15, 0.2) is 5.69 Å². The van der Waals surface area contributed by atoms with Crippen LogP contribution in [0.25, 0.3) is 10.9 Å². The van der Waals surface area contributed by atoms with E-state index in [0.717, 1.165) is 17.0 Å². The van der Waals surface area contributed by atoms with Crippen LogP contribution < -0.4 is 9.57 Å². The quantitative estimate of drug-likeness (QED) is 0.137. The molecule has 0 amide bonds. The van der Waals surface area contributed by atoms with E-state index in [-0.39, 0.29) is 31.3 Å². The van der Waals surface area contributed by atoms with Crippen molar-refractivity contribution in [2.75, 3.05) is 0 Å². The van der Waals surface area contributed by atoms with Crippen molar-refractivity contribution in [3.05, 3.63) is 137 Å². The monoisotopic (exact) mass is 559 g/mol. The smallest absolute Gasteiger partial charge is 0.455 e. The molecule has 41 heavy (non-hydrogen) atoms. The Kier molecular flexibility index (Phi) is 8.05. The Labute approximate surface area is 233 Å². The fourth-order valence-corrected chi connectivity index (χ4v) is 4.27. The Morgan fingerprint density at radius 3 is 2.10 bits per heavy atom. The van der Waals surface area contributed by atoms with Gasteiger partial charge in [0, 0.05) is 5.39 Å². The van der Waals surface area contributed by atoms with Crippen LogP contribution in [0.3, 0.4) is 0 Å². The molecule has 0 aliphatic carbocycles. The van der Waals surface area contributed by atoms with E-state index >= 15 is 0 Å². The first kappa shape index (κ1) is 27.5.